The summed E-state index contributed by atoms with van der Waals surface area (Å²) >= 11 is 0. The predicted molar refractivity (Wildman–Crippen MR) is 73.5 cm³/mol. The number of nitrogens with zero attached hydrogens (tertiary/aromatic N) is 3. The number of rotatable bonds is 4. The van der Waals surface area contributed by atoms with E-state index < -0.39 is 16.0 Å². The van der Waals surface area contributed by atoms with Gasteiger partial charge < -0.3 is 22.5 Å². The van der Waals surface area contributed by atoms with Crippen LogP contribution in [0, 0.1) is 0 Å². The smallest absolute Gasteiger partial charge is 0.285 e. The van der Waals surface area contributed by atoms with Crippen molar-refractivity contribution in [3.05, 3.63) is 24.3 Å². The number of aromatic amines is 1. The molecule has 0 aliphatic rings. The topological polar surface area (TPSA) is 178 Å². The van der Waals surface area contributed by atoms with Crippen LogP contribution in [0.3, 0.4) is 0 Å². The lowest BCUT2D eigenvalue weighted by Gasteiger charge is -2.03. The maximum Gasteiger partial charge on any atom is 0.285 e. The Balaban J connectivity index is 2.20. The van der Waals surface area contributed by atoms with E-state index >= 15 is 0 Å². The minimum Gasteiger partial charge on any atom is -0.369 e. The molecule has 1 aromatic heterocycles. The zero-order valence-corrected chi connectivity index (χ0v) is 10.9. The van der Waals surface area contributed by atoms with Gasteiger partial charge in [0.15, 0.2) is 0 Å². The molecule has 0 saturated heterocycles. The van der Waals surface area contributed by atoms with Crippen molar-refractivity contribution in [1.82, 2.24) is 15.2 Å². The van der Waals surface area contributed by atoms with E-state index in [0.717, 1.165) is 0 Å². The summed E-state index contributed by atoms with van der Waals surface area (Å²) in [7, 11) is -3.89. The summed E-state index contributed by atoms with van der Waals surface area (Å²) in [6.45, 7) is 0. The largest absolute Gasteiger partial charge is 0.369 e. The van der Waals surface area contributed by atoms with Gasteiger partial charge in [-0.05, 0) is 24.3 Å². The molecule has 2 rings (SSSR count). The van der Waals surface area contributed by atoms with E-state index in [4.69, 9.17) is 17.2 Å². The average molecular weight is 296 g/mol. The first-order valence-corrected chi connectivity index (χ1v) is 6.72. The Morgan fingerprint density at radius 1 is 1.25 bits per heavy atom. The van der Waals surface area contributed by atoms with Crippen LogP contribution in [-0.2, 0) is 10.0 Å². The molecule has 1 aromatic carbocycles. The SMILES string of the molecule is NC(N)=NS(=O)(=O)c1ccc(Nc2n[nH]c(N)n2)cc1. The van der Waals surface area contributed by atoms with Crippen LogP contribution < -0.4 is 22.5 Å². The van der Waals surface area contributed by atoms with Crippen LogP contribution in [0.5, 0.6) is 0 Å². The average Bonchev–Trinajstić information content (AvgIpc) is 2.74. The fourth-order valence-corrected chi connectivity index (χ4v) is 2.22. The molecule has 0 spiro atoms. The molecular weight excluding hydrogens is 284 g/mol. The summed E-state index contributed by atoms with van der Waals surface area (Å²) in [4.78, 5) is 3.81. The molecule has 0 aliphatic carbocycles. The third-order valence-corrected chi connectivity index (χ3v) is 3.46. The van der Waals surface area contributed by atoms with Crippen molar-refractivity contribution in [2.75, 3.05) is 11.1 Å². The number of nitrogens with one attached hydrogen (secondary N) is 2. The summed E-state index contributed by atoms with van der Waals surface area (Å²) in [5.41, 5.74) is 16.1. The number of hydrogen-bond acceptors (Lipinski definition) is 6. The van der Waals surface area contributed by atoms with Crippen molar-refractivity contribution >= 4 is 33.6 Å². The molecule has 0 saturated carbocycles. The van der Waals surface area contributed by atoms with Gasteiger partial charge in [0.25, 0.3) is 10.0 Å². The highest BCUT2D eigenvalue weighted by molar-refractivity contribution is 7.90. The quantitative estimate of drug-likeness (QED) is 0.355. The van der Waals surface area contributed by atoms with E-state index in [1.807, 2.05) is 0 Å². The van der Waals surface area contributed by atoms with Crippen LogP contribution in [0.25, 0.3) is 0 Å². The van der Waals surface area contributed by atoms with E-state index in [1.165, 1.54) is 24.3 Å². The van der Waals surface area contributed by atoms with Gasteiger partial charge in [0.1, 0.15) is 0 Å². The summed E-state index contributed by atoms with van der Waals surface area (Å²) in [5, 5.41) is 9.07. The Kier molecular flexibility index (Phi) is 3.43. The van der Waals surface area contributed by atoms with Crippen molar-refractivity contribution in [1.29, 1.82) is 0 Å². The van der Waals surface area contributed by atoms with Crippen LogP contribution in [0.1, 0.15) is 0 Å². The molecule has 0 amide bonds. The number of nitrogen functional groups attached to an aromatic ring is 1. The Morgan fingerprint density at radius 3 is 2.40 bits per heavy atom. The molecule has 10 nitrogen and oxygen atoms in total. The molecule has 0 unspecified atom stereocenters. The first-order valence-electron chi connectivity index (χ1n) is 5.28. The number of guanidine groups is 1. The summed E-state index contributed by atoms with van der Waals surface area (Å²) < 4.78 is 26.6. The van der Waals surface area contributed by atoms with Gasteiger partial charge in [-0.25, -0.2) is 5.10 Å². The second-order valence-electron chi connectivity index (χ2n) is 3.68. The molecule has 1 heterocycles. The van der Waals surface area contributed by atoms with Gasteiger partial charge in [-0.2, -0.15) is 13.4 Å². The number of anilines is 3. The number of benzene rings is 1. The summed E-state index contributed by atoms with van der Waals surface area (Å²) in [6, 6.07) is 5.73. The van der Waals surface area contributed by atoms with Gasteiger partial charge in [0, 0.05) is 5.69 Å². The van der Waals surface area contributed by atoms with Crippen molar-refractivity contribution in [2.45, 2.75) is 4.90 Å². The first-order chi connectivity index (χ1) is 9.37. The van der Waals surface area contributed by atoms with Gasteiger partial charge in [-0.1, -0.05) is 0 Å². The number of aromatic nitrogens is 3. The normalized spacial score (nSPS) is 11.0. The van der Waals surface area contributed by atoms with E-state index in [-0.39, 0.29) is 16.8 Å². The number of nitrogens with two attached hydrogens (primary N) is 3. The van der Waals surface area contributed by atoms with Crippen molar-refractivity contribution in [3.63, 3.8) is 0 Å². The highest BCUT2D eigenvalue weighted by atomic mass is 32.2. The predicted octanol–water partition coefficient (Wildman–Crippen LogP) is -0.907. The lowest BCUT2D eigenvalue weighted by atomic mass is 10.3. The van der Waals surface area contributed by atoms with Crippen molar-refractivity contribution in [2.24, 2.45) is 15.9 Å². The van der Waals surface area contributed by atoms with Crippen LogP contribution in [0.15, 0.2) is 33.6 Å². The maximum absolute atomic E-state index is 11.7. The molecule has 0 atom stereocenters. The second-order valence-corrected chi connectivity index (χ2v) is 5.29. The van der Waals surface area contributed by atoms with Crippen molar-refractivity contribution < 1.29 is 8.42 Å². The highest BCUT2D eigenvalue weighted by Gasteiger charge is 2.12. The highest BCUT2D eigenvalue weighted by Crippen LogP contribution is 2.18. The zero-order valence-electron chi connectivity index (χ0n) is 10.1. The third-order valence-electron chi connectivity index (χ3n) is 2.14. The molecule has 0 bridgehead atoms. The molecule has 0 radical (unpaired) electrons. The minimum atomic E-state index is -3.89. The molecule has 0 fully saturated rings. The Hall–Kier alpha value is -2.82. The molecular formula is C9H12N8O2S. The standard InChI is InChI=1S/C9H12N8O2S/c10-7(11)17-20(18,19)6-3-1-5(2-4-6)13-9-14-8(12)15-16-9/h1-4H,(H4,10,11,17)(H4,12,13,14,15,16). The second kappa shape index (κ2) is 5.05. The lowest BCUT2D eigenvalue weighted by molar-refractivity contribution is 0.598. The molecule has 11 heteroatoms. The number of H-pyrrole nitrogens is 1. The number of sulfonamides is 1. The van der Waals surface area contributed by atoms with E-state index in [1.54, 1.807) is 0 Å². The fourth-order valence-electron chi connectivity index (χ4n) is 1.36. The molecule has 20 heavy (non-hydrogen) atoms. The van der Waals surface area contributed by atoms with Gasteiger partial charge in [0.2, 0.25) is 17.9 Å². The Labute approximate surface area is 114 Å². The maximum atomic E-state index is 11.7. The Morgan fingerprint density at radius 2 is 1.90 bits per heavy atom. The fraction of sp³-hybridized carbons (Fsp3) is 0. The molecule has 8 N–H and O–H groups in total. The molecule has 0 aliphatic heterocycles. The Bertz CT molecular complexity index is 730. The zero-order chi connectivity index (χ0) is 14.8. The van der Waals surface area contributed by atoms with Crippen LogP contribution >= 0.6 is 0 Å². The number of hydrogen-bond donors (Lipinski definition) is 5. The van der Waals surface area contributed by atoms with Crippen molar-refractivity contribution in [3.8, 4) is 0 Å². The van der Waals surface area contributed by atoms with Gasteiger partial charge in [-0.15, -0.1) is 9.50 Å². The monoisotopic (exact) mass is 296 g/mol. The summed E-state index contributed by atoms with van der Waals surface area (Å²) in [6.07, 6.45) is 0. The lowest BCUT2D eigenvalue weighted by Crippen LogP contribution is -2.24. The van der Waals surface area contributed by atoms with Gasteiger partial charge in [-0.3, -0.25) is 0 Å². The van der Waals surface area contributed by atoms with E-state index in [0.29, 0.717) is 5.69 Å². The van der Waals surface area contributed by atoms with E-state index in [2.05, 4.69) is 24.9 Å². The molecule has 2 aromatic rings. The van der Waals surface area contributed by atoms with Crippen LogP contribution in [-0.4, -0.2) is 29.6 Å². The van der Waals surface area contributed by atoms with Crippen LogP contribution in [0.4, 0.5) is 17.6 Å². The first kappa shape index (κ1) is 13.6. The summed E-state index contributed by atoms with van der Waals surface area (Å²) in [5.74, 6) is -0.0924. The van der Waals surface area contributed by atoms with Crippen LogP contribution in [0.2, 0.25) is 0 Å². The minimum absolute atomic E-state index is 0.0362. The third kappa shape index (κ3) is 3.14. The van der Waals surface area contributed by atoms with Gasteiger partial charge in [0.05, 0.1) is 4.90 Å². The van der Waals surface area contributed by atoms with Gasteiger partial charge >= 0.3 is 0 Å². The molecule has 106 valence electrons. The van der Waals surface area contributed by atoms with E-state index in [9.17, 15) is 8.42 Å².